The summed E-state index contributed by atoms with van der Waals surface area (Å²) in [7, 11) is 0. The van der Waals surface area contributed by atoms with Gasteiger partial charge in [-0.05, 0) is 43.9 Å². The molecule has 2 aromatic carbocycles. The zero-order valence-electron chi connectivity index (χ0n) is 19.0. The van der Waals surface area contributed by atoms with Gasteiger partial charge in [0.25, 0.3) is 5.56 Å². The number of fused-ring (bicyclic) bond motifs is 1. The van der Waals surface area contributed by atoms with Crippen LogP contribution in [0.25, 0.3) is 0 Å². The molecule has 31 heavy (non-hydrogen) atoms. The second-order valence-corrected chi connectivity index (χ2v) is 8.99. The molecule has 0 atom stereocenters. The highest BCUT2D eigenvalue weighted by Crippen LogP contribution is 2.28. The monoisotopic (exact) mass is 416 g/mol. The number of anilines is 2. The van der Waals surface area contributed by atoms with E-state index in [2.05, 4.69) is 67.0 Å². The Morgan fingerprint density at radius 2 is 1.68 bits per heavy atom. The Hall–Kier alpha value is -2.92. The van der Waals surface area contributed by atoms with E-state index in [1.165, 1.54) is 5.56 Å². The van der Waals surface area contributed by atoms with Crippen molar-refractivity contribution < 1.29 is 0 Å². The minimum absolute atomic E-state index is 0.0673. The molecule has 0 saturated heterocycles. The zero-order valence-corrected chi connectivity index (χ0v) is 19.0. The normalized spacial score (nSPS) is 14.2. The third-order valence-electron chi connectivity index (χ3n) is 5.97. The van der Waals surface area contributed by atoms with Gasteiger partial charge in [0.1, 0.15) is 0 Å². The number of hydrogen-bond acceptors (Lipinski definition) is 4. The number of benzene rings is 2. The van der Waals surface area contributed by atoms with Crippen molar-refractivity contribution in [2.45, 2.75) is 47.2 Å². The summed E-state index contributed by atoms with van der Waals surface area (Å²) in [5.74, 6) is 1.36. The Kier molecular flexibility index (Phi) is 6.23. The van der Waals surface area contributed by atoms with Crippen molar-refractivity contribution in [3.8, 4) is 0 Å². The molecule has 5 heteroatoms. The van der Waals surface area contributed by atoms with Crippen LogP contribution in [0, 0.1) is 19.8 Å². The van der Waals surface area contributed by atoms with E-state index in [1.54, 1.807) is 0 Å². The van der Waals surface area contributed by atoms with Gasteiger partial charge in [-0.25, -0.2) is 4.98 Å². The van der Waals surface area contributed by atoms with Crippen LogP contribution in [0.2, 0.25) is 0 Å². The topological polar surface area (TPSA) is 41.4 Å². The van der Waals surface area contributed by atoms with Crippen LogP contribution in [0.1, 0.15) is 42.7 Å². The summed E-state index contributed by atoms with van der Waals surface area (Å²) in [6.45, 7) is 10.8. The molecule has 0 aliphatic carbocycles. The SMILES string of the molecule is Cc1ccc(N2CN(CCC(C)C)Cn3c2nc(C)c(Cc2ccccc2)c3=O)cc1. The van der Waals surface area contributed by atoms with Crippen LogP contribution in [0.4, 0.5) is 11.6 Å². The first kappa shape index (κ1) is 21.3. The van der Waals surface area contributed by atoms with Gasteiger partial charge in [0.15, 0.2) is 0 Å². The van der Waals surface area contributed by atoms with Crippen molar-refractivity contribution in [1.82, 2.24) is 14.5 Å². The highest BCUT2D eigenvalue weighted by Gasteiger charge is 2.27. The van der Waals surface area contributed by atoms with Crippen LogP contribution in [-0.4, -0.2) is 27.7 Å². The zero-order chi connectivity index (χ0) is 22.0. The van der Waals surface area contributed by atoms with Crippen molar-refractivity contribution in [3.63, 3.8) is 0 Å². The Labute approximate surface area is 185 Å². The molecular weight excluding hydrogens is 384 g/mol. The van der Waals surface area contributed by atoms with Crippen molar-refractivity contribution in [2.75, 3.05) is 18.1 Å². The number of rotatable bonds is 6. The van der Waals surface area contributed by atoms with E-state index in [4.69, 9.17) is 4.98 Å². The van der Waals surface area contributed by atoms with Gasteiger partial charge >= 0.3 is 0 Å². The molecule has 0 N–H and O–H groups in total. The van der Waals surface area contributed by atoms with Gasteiger partial charge in [-0.3, -0.25) is 19.2 Å². The molecule has 5 nitrogen and oxygen atoms in total. The summed E-state index contributed by atoms with van der Waals surface area (Å²) >= 11 is 0. The van der Waals surface area contributed by atoms with Gasteiger partial charge in [-0.1, -0.05) is 61.9 Å². The Bertz CT molecular complexity index is 1090. The maximum absolute atomic E-state index is 13.6. The van der Waals surface area contributed by atoms with Crippen molar-refractivity contribution in [1.29, 1.82) is 0 Å². The first-order valence-electron chi connectivity index (χ1n) is 11.1. The fraction of sp³-hybridized carbons (Fsp3) is 0.385. The quantitative estimate of drug-likeness (QED) is 0.575. The second-order valence-electron chi connectivity index (χ2n) is 8.99. The van der Waals surface area contributed by atoms with Gasteiger partial charge in [0.05, 0.1) is 19.0 Å². The van der Waals surface area contributed by atoms with Gasteiger partial charge in [0.2, 0.25) is 5.95 Å². The Balaban J connectivity index is 1.76. The molecule has 1 aliphatic rings. The number of aryl methyl sites for hydroxylation is 2. The molecular formula is C26H32N4O. The summed E-state index contributed by atoms with van der Waals surface area (Å²) in [5, 5.41) is 0. The average Bonchev–Trinajstić information content (AvgIpc) is 2.76. The molecule has 3 aromatic rings. The summed E-state index contributed by atoms with van der Waals surface area (Å²) < 4.78 is 1.86. The second kappa shape index (κ2) is 9.06. The van der Waals surface area contributed by atoms with Crippen molar-refractivity contribution in [3.05, 3.63) is 87.3 Å². The van der Waals surface area contributed by atoms with Crippen molar-refractivity contribution >= 4 is 11.6 Å². The molecule has 0 unspecified atom stereocenters. The van der Waals surface area contributed by atoms with Gasteiger partial charge in [0, 0.05) is 24.2 Å². The Morgan fingerprint density at radius 3 is 2.35 bits per heavy atom. The third-order valence-corrected chi connectivity index (χ3v) is 5.97. The molecule has 1 aliphatic heterocycles. The molecule has 0 bridgehead atoms. The first-order chi connectivity index (χ1) is 14.9. The fourth-order valence-electron chi connectivity index (χ4n) is 4.04. The summed E-state index contributed by atoms with van der Waals surface area (Å²) in [5.41, 5.74) is 5.08. The van der Waals surface area contributed by atoms with Gasteiger partial charge < -0.3 is 0 Å². The molecule has 4 rings (SSSR count). The molecule has 162 valence electrons. The van der Waals surface area contributed by atoms with Crippen LogP contribution < -0.4 is 10.5 Å². The summed E-state index contributed by atoms with van der Waals surface area (Å²) in [4.78, 5) is 23.1. The molecule has 1 aromatic heterocycles. The van der Waals surface area contributed by atoms with E-state index in [1.807, 2.05) is 29.7 Å². The standard InChI is InChI=1S/C26H32N4O/c1-19(2)14-15-28-17-29(23-12-10-20(3)11-13-23)26-27-21(4)24(25(31)30(26)18-28)16-22-8-6-5-7-9-22/h5-13,19H,14-18H2,1-4H3. The molecule has 0 radical (unpaired) electrons. The smallest absolute Gasteiger partial charge is 0.259 e. The molecule has 0 amide bonds. The highest BCUT2D eigenvalue weighted by atomic mass is 16.1. The average molecular weight is 417 g/mol. The highest BCUT2D eigenvalue weighted by molar-refractivity contribution is 5.59. The maximum atomic E-state index is 13.6. The van der Waals surface area contributed by atoms with Crippen LogP contribution in [0.5, 0.6) is 0 Å². The predicted molar refractivity (Wildman–Crippen MR) is 127 cm³/mol. The lowest BCUT2D eigenvalue weighted by molar-refractivity contribution is 0.188. The lowest BCUT2D eigenvalue weighted by Crippen LogP contribution is -2.48. The van der Waals surface area contributed by atoms with Gasteiger partial charge in [-0.2, -0.15) is 0 Å². The van der Waals surface area contributed by atoms with E-state index in [9.17, 15) is 4.79 Å². The van der Waals surface area contributed by atoms with E-state index >= 15 is 0 Å². The number of hydrogen-bond donors (Lipinski definition) is 0. The van der Waals surface area contributed by atoms with E-state index < -0.39 is 0 Å². The van der Waals surface area contributed by atoms with Crippen LogP contribution in [0.15, 0.2) is 59.4 Å². The van der Waals surface area contributed by atoms with Crippen LogP contribution >= 0.6 is 0 Å². The lowest BCUT2D eigenvalue weighted by atomic mass is 10.1. The lowest BCUT2D eigenvalue weighted by Gasteiger charge is -2.38. The summed E-state index contributed by atoms with van der Waals surface area (Å²) in [6, 6.07) is 18.6. The molecule has 0 spiro atoms. The predicted octanol–water partition coefficient (Wildman–Crippen LogP) is 4.87. The largest absolute Gasteiger partial charge is 0.298 e. The first-order valence-corrected chi connectivity index (χ1v) is 11.1. The minimum atomic E-state index is 0.0673. The fourth-order valence-corrected chi connectivity index (χ4v) is 4.04. The molecule has 0 fully saturated rings. The third kappa shape index (κ3) is 4.72. The van der Waals surface area contributed by atoms with Crippen molar-refractivity contribution in [2.24, 2.45) is 5.92 Å². The summed E-state index contributed by atoms with van der Waals surface area (Å²) in [6.07, 6.45) is 1.71. The maximum Gasteiger partial charge on any atom is 0.259 e. The van der Waals surface area contributed by atoms with E-state index in [-0.39, 0.29) is 5.56 Å². The van der Waals surface area contributed by atoms with Crippen LogP contribution in [-0.2, 0) is 13.1 Å². The van der Waals surface area contributed by atoms with Crippen LogP contribution in [0.3, 0.4) is 0 Å². The van der Waals surface area contributed by atoms with E-state index in [0.29, 0.717) is 19.0 Å². The minimum Gasteiger partial charge on any atom is -0.298 e. The van der Waals surface area contributed by atoms with Gasteiger partial charge in [-0.15, -0.1) is 0 Å². The number of nitrogens with zero attached hydrogens (tertiary/aromatic N) is 4. The Morgan fingerprint density at radius 1 is 0.968 bits per heavy atom. The number of aromatic nitrogens is 2. The van der Waals surface area contributed by atoms with E-state index in [0.717, 1.165) is 48.1 Å². The molecule has 2 heterocycles. The molecule has 0 saturated carbocycles.